The summed E-state index contributed by atoms with van der Waals surface area (Å²) in [6.45, 7) is 0.530. The van der Waals surface area contributed by atoms with Gasteiger partial charge in [-0.15, -0.1) is 0 Å². The number of carbonyl (C=O) groups excluding carboxylic acids is 1. The van der Waals surface area contributed by atoms with Gasteiger partial charge in [-0.25, -0.2) is 4.98 Å². The lowest BCUT2D eigenvalue weighted by Crippen LogP contribution is -2.26. The number of halogens is 2. The van der Waals surface area contributed by atoms with Gasteiger partial charge in [-0.05, 0) is 24.1 Å². The summed E-state index contributed by atoms with van der Waals surface area (Å²) in [4.78, 5) is 15.7. The summed E-state index contributed by atoms with van der Waals surface area (Å²) >= 11 is 11.9. The summed E-state index contributed by atoms with van der Waals surface area (Å²) in [6.07, 6.45) is 3.05. The van der Waals surface area contributed by atoms with E-state index >= 15 is 0 Å². The molecule has 106 valence electrons. The molecule has 0 spiro atoms. The number of hydrogen-bond acceptors (Lipinski definition) is 3. The van der Waals surface area contributed by atoms with Gasteiger partial charge in [-0.2, -0.15) is 5.10 Å². The highest BCUT2D eigenvalue weighted by Crippen LogP contribution is 2.21. The molecule has 5 nitrogen and oxygen atoms in total. The van der Waals surface area contributed by atoms with Crippen molar-refractivity contribution >= 4 is 29.1 Å². The van der Waals surface area contributed by atoms with E-state index in [0.717, 1.165) is 11.4 Å². The second-order valence-electron chi connectivity index (χ2n) is 4.27. The summed E-state index contributed by atoms with van der Waals surface area (Å²) in [5.41, 5.74) is 0.918. The molecule has 0 aliphatic carbocycles. The number of aromatic nitrogens is 3. The highest BCUT2D eigenvalue weighted by molar-refractivity contribution is 6.35. The van der Waals surface area contributed by atoms with Crippen LogP contribution >= 0.6 is 23.2 Å². The molecular formula is C13H14Cl2N4O. The summed E-state index contributed by atoms with van der Waals surface area (Å²) in [6, 6.07) is 5.29. The first-order valence-corrected chi connectivity index (χ1v) is 6.95. The van der Waals surface area contributed by atoms with Gasteiger partial charge in [-0.3, -0.25) is 9.89 Å². The lowest BCUT2D eigenvalue weighted by molar-refractivity contribution is -0.121. The van der Waals surface area contributed by atoms with Gasteiger partial charge in [0.1, 0.15) is 12.2 Å². The van der Waals surface area contributed by atoms with Crippen molar-refractivity contribution in [3.8, 4) is 0 Å². The first-order chi connectivity index (χ1) is 9.65. The summed E-state index contributed by atoms with van der Waals surface area (Å²) in [5.74, 6) is 0.738. The average molecular weight is 313 g/mol. The van der Waals surface area contributed by atoms with Crippen molar-refractivity contribution in [1.29, 1.82) is 0 Å². The molecule has 1 aromatic heterocycles. The van der Waals surface area contributed by atoms with E-state index in [4.69, 9.17) is 23.2 Å². The molecule has 1 amide bonds. The zero-order valence-electron chi connectivity index (χ0n) is 10.7. The second-order valence-corrected chi connectivity index (χ2v) is 5.11. The number of hydrogen-bond donors (Lipinski definition) is 2. The normalized spacial score (nSPS) is 10.5. The van der Waals surface area contributed by atoms with Gasteiger partial charge in [0.15, 0.2) is 0 Å². The Morgan fingerprint density at radius 3 is 2.85 bits per heavy atom. The van der Waals surface area contributed by atoms with E-state index in [-0.39, 0.29) is 5.91 Å². The van der Waals surface area contributed by atoms with Crippen molar-refractivity contribution in [2.45, 2.75) is 19.3 Å². The number of nitrogens with one attached hydrogen (secondary N) is 2. The molecule has 0 aliphatic rings. The van der Waals surface area contributed by atoms with Crippen molar-refractivity contribution in [2.24, 2.45) is 0 Å². The van der Waals surface area contributed by atoms with Crippen LogP contribution in [-0.4, -0.2) is 27.6 Å². The number of aryl methyl sites for hydroxylation is 1. The lowest BCUT2D eigenvalue weighted by Gasteiger charge is -2.06. The smallest absolute Gasteiger partial charge is 0.220 e. The topological polar surface area (TPSA) is 70.7 Å². The minimum atomic E-state index is -0.0180. The van der Waals surface area contributed by atoms with Crippen LogP contribution in [0.15, 0.2) is 24.5 Å². The van der Waals surface area contributed by atoms with Gasteiger partial charge in [-0.1, -0.05) is 29.3 Å². The maximum atomic E-state index is 11.7. The van der Waals surface area contributed by atoms with Crippen molar-refractivity contribution in [2.75, 3.05) is 6.54 Å². The summed E-state index contributed by atoms with van der Waals surface area (Å²) < 4.78 is 0. The largest absolute Gasteiger partial charge is 0.356 e. The Morgan fingerprint density at radius 2 is 2.15 bits per heavy atom. The van der Waals surface area contributed by atoms with Gasteiger partial charge >= 0.3 is 0 Å². The molecule has 20 heavy (non-hydrogen) atoms. The van der Waals surface area contributed by atoms with Crippen LogP contribution in [0.1, 0.15) is 17.8 Å². The Labute approximate surface area is 126 Å². The highest BCUT2D eigenvalue weighted by Gasteiger charge is 2.06. The number of benzene rings is 1. The second kappa shape index (κ2) is 7.26. The van der Waals surface area contributed by atoms with Crippen LogP contribution in [0.4, 0.5) is 0 Å². The van der Waals surface area contributed by atoms with E-state index in [1.807, 2.05) is 6.07 Å². The van der Waals surface area contributed by atoms with Crippen molar-refractivity contribution in [3.05, 3.63) is 46.0 Å². The van der Waals surface area contributed by atoms with E-state index in [9.17, 15) is 4.79 Å². The van der Waals surface area contributed by atoms with Gasteiger partial charge in [0.2, 0.25) is 5.91 Å². The van der Waals surface area contributed by atoms with E-state index in [0.29, 0.717) is 35.9 Å². The standard InChI is InChI=1S/C13H14Cl2N4O/c14-10-3-1-9(11(15)7-10)2-4-13(20)16-6-5-12-17-8-18-19-12/h1,3,7-8H,2,4-6H2,(H,16,20)(H,17,18,19). The minimum absolute atomic E-state index is 0.0180. The van der Waals surface area contributed by atoms with Crippen LogP contribution in [0.3, 0.4) is 0 Å². The molecule has 2 N–H and O–H groups in total. The Hall–Kier alpha value is -1.59. The third-order valence-electron chi connectivity index (χ3n) is 2.79. The molecule has 2 aromatic rings. The van der Waals surface area contributed by atoms with Crippen molar-refractivity contribution in [3.63, 3.8) is 0 Å². The number of nitrogens with zero attached hydrogens (tertiary/aromatic N) is 2. The molecule has 0 aliphatic heterocycles. The van der Waals surface area contributed by atoms with Gasteiger partial charge in [0.05, 0.1) is 0 Å². The molecule has 7 heteroatoms. The van der Waals surface area contributed by atoms with E-state index in [2.05, 4.69) is 20.5 Å². The SMILES string of the molecule is O=C(CCc1ccc(Cl)cc1Cl)NCCc1ncn[nH]1. The molecule has 0 fully saturated rings. The van der Waals surface area contributed by atoms with Gasteiger partial charge in [0, 0.05) is 29.4 Å². The maximum absolute atomic E-state index is 11.7. The van der Waals surface area contributed by atoms with Crippen LogP contribution in [-0.2, 0) is 17.6 Å². The Morgan fingerprint density at radius 1 is 1.30 bits per heavy atom. The quantitative estimate of drug-likeness (QED) is 0.860. The number of rotatable bonds is 6. The molecule has 0 saturated heterocycles. The summed E-state index contributed by atoms with van der Waals surface area (Å²) in [7, 11) is 0. The van der Waals surface area contributed by atoms with Gasteiger partial charge in [0.25, 0.3) is 0 Å². The maximum Gasteiger partial charge on any atom is 0.220 e. The Kier molecular flexibility index (Phi) is 5.38. The molecule has 0 bridgehead atoms. The zero-order valence-corrected chi connectivity index (χ0v) is 12.2. The fraction of sp³-hybridized carbons (Fsp3) is 0.308. The monoisotopic (exact) mass is 312 g/mol. The molecule has 2 rings (SSSR count). The van der Waals surface area contributed by atoms with Gasteiger partial charge < -0.3 is 5.32 Å². The highest BCUT2D eigenvalue weighted by atomic mass is 35.5. The number of H-pyrrole nitrogens is 1. The molecule has 0 atom stereocenters. The lowest BCUT2D eigenvalue weighted by atomic mass is 10.1. The zero-order chi connectivity index (χ0) is 14.4. The predicted molar refractivity (Wildman–Crippen MR) is 77.9 cm³/mol. The molecular weight excluding hydrogens is 299 g/mol. The molecule has 0 radical (unpaired) electrons. The minimum Gasteiger partial charge on any atom is -0.356 e. The van der Waals surface area contributed by atoms with E-state index in [1.54, 1.807) is 12.1 Å². The van der Waals surface area contributed by atoms with Crippen LogP contribution in [0, 0.1) is 0 Å². The van der Waals surface area contributed by atoms with Crippen molar-refractivity contribution < 1.29 is 4.79 Å². The average Bonchev–Trinajstić information content (AvgIpc) is 2.91. The summed E-state index contributed by atoms with van der Waals surface area (Å²) in [5, 5.41) is 10.5. The number of aromatic amines is 1. The molecule has 1 heterocycles. The van der Waals surface area contributed by atoms with Crippen LogP contribution < -0.4 is 5.32 Å². The number of carbonyl (C=O) groups is 1. The fourth-order valence-electron chi connectivity index (χ4n) is 1.73. The van der Waals surface area contributed by atoms with Crippen molar-refractivity contribution in [1.82, 2.24) is 20.5 Å². The molecule has 0 unspecified atom stereocenters. The molecule has 1 aromatic carbocycles. The van der Waals surface area contributed by atoms with E-state index in [1.165, 1.54) is 6.33 Å². The van der Waals surface area contributed by atoms with Crippen LogP contribution in [0.5, 0.6) is 0 Å². The van der Waals surface area contributed by atoms with Crippen LogP contribution in [0.25, 0.3) is 0 Å². The first-order valence-electron chi connectivity index (χ1n) is 6.20. The first kappa shape index (κ1) is 14.8. The van der Waals surface area contributed by atoms with Crippen LogP contribution in [0.2, 0.25) is 10.0 Å². The Balaban J connectivity index is 1.72. The fourth-order valence-corrected chi connectivity index (χ4v) is 2.24. The Bertz CT molecular complexity index is 572. The molecule has 0 saturated carbocycles. The predicted octanol–water partition coefficient (Wildman–Crippen LogP) is 2.40. The third kappa shape index (κ3) is 4.51. The third-order valence-corrected chi connectivity index (χ3v) is 3.37. The van der Waals surface area contributed by atoms with E-state index < -0.39 is 0 Å². The number of amides is 1.